The van der Waals surface area contributed by atoms with Crippen molar-refractivity contribution in [1.29, 1.82) is 0 Å². The first-order valence-corrected chi connectivity index (χ1v) is 8.34. The highest BCUT2D eigenvalue weighted by Crippen LogP contribution is 2.14. The minimum Gasteiger partial charge on any atom is -0.330 e. The molecule has 0 aliphatic heterocycles. The van der Waals surface area contributed by atoms with Gasteiger partial charge in [-0.25, -0.2) is 0 Å². The van der Waals surface area contributed by atoms with Crippen molar-refractivity contribution in [3.8, 4) is 0 Å². The number of hydrogen-bond acceptors (Lipinski definition) is 3. The highest BCUT2D eigenvalue weighted by atomic mass is 32.2. The second kappa shape index (κ2) is 12.4. The SMILES string of the molecule is CC.CCCCN(C)CCSNc1cccc(C)c1. The summed E-state index contributed by atoms with van der Waals surface area (Å²) in [5.74, 6) is 1.12. The lowest BCUT2D eigenvalue weighted by atomic mass is 10.2. The molecule has 0 spiro atoms. The predicted molar refractivity (Wildman–Crippen MR) is 91.0 cm³/mol. The van der Waals surface area contributed by atoms with Crippen molar-refractivity contribution < 1.29 is 0 Å². The van der Waals surface area contributed by atoms with Crippen LogP contribution >= 0.6 is 11.9 Å². The fraction of sp³-hybridized carbons (Fsp3) is 0.625. The van der Waals surface area contributed by atoms with E-state index in [1.165, 1.54) is 30.6 Å². The lowest BCUT2D eigenvalue weighted by Crippen LogP contribution is -2.22. The summed E-state index contributed by atoms with van der Waals surface area (Å²) in [7, 11) is 2.20. The molecule has 0 atom stereocenters. The summed E-state index contributed by atoms with van der Waals surface area (Å²) in [4.78, 5) is 2.40. The molecule has 1 rings (SSSR count). The Balaban J connectivity index is 0.00000154. The van der Waals surface area contributed by atoms with Crippen molar-refractivity contribution in [2.75, 3.05) is 30.6 Å². The Labute approximate surface area is 124 Å². The number of benzene rings is 1. The second-order valence-electron chi connectivity index (χ2n) is 4.48. The quantitative estimate of drug-likeness (QED) is 0.544. The Hall–Kier alpha value is -0.670. The summed E-state index contributed by atoms with van der Waals surface area (Å²) >= 11 is 1.79. The Morgan fingerprint density at radius 1 is 1.21 bits per heavy atom. The third-order valence-electron chi connectivity index (χ3n) is 2.68. The van der Waals surface area contributed by atoms with Gasteiger partial charge in [0.25, 0.3) is 0 Å². The predicted octanol–water partition coefficient (Wildman–Crippen LogP) is 4.81. The van der Waals surface area contributed by atoms with E-state index in [1.54, 1.807) is 11.9 Å². The molecule has 1 aromatic carbocycles. The van der Waals surface area contributed by atoms with Crippen LogP contribution in [0.1, 0.15) is 39.2 Å². The Morgan fingerprint density at radius 2 is 1.95 bits per heavy atom. The van der Waals surface area contributed by atoms with Gasteiger partial charge in [-0.1, -0.05) is 51.3 Å². The minimum atomic E-state index is 1.12. The van der Waals surface area contributed by atoms with Gasteiger partial charge in [0.1, 0.15) is 0 Å². The fourth-order valence-electron chi connectivity index (χ4n) is 1.58. The Morgan fingerprint density at radius 3 is 2.58 bits per heavy atom. The largest absolute Gasteiger partial charge is 0.330 e. The number of hydrogen-bond donors (Lipinski definition) is 1. The van der Waals surface area contributed by atoms with Crippen molar-refractivity contribution >= 4 is 17.6 Å². The van der Waals surface area contributed by atoms with Crippen LogP contribution in [0.2, 0.25) is 0 Å². The number of unbranched alkanes of at least 4 members (excludes halogenated alkanes) is 1. The molecule has 1 N–H and O–H groups in total. The molecule has 0 aliphatic rings. The van der Waals surface area contributed by atoms with Crippen LogP contribution in [0.4, 0.5) is 5.69 Å². The molecule has 110 valence electrons. The van der Waals surface area contributed by atoms with Gasteiger partial charge >= 0.3 is 0 Å². The van der Waals surface area contributed by atoms with E-state index >= 15 is 0 Å². The van der Waals surface area contributed by atoms with Crippen molar-refractivity contribution in [2.24, 2.45) is 0 Å². The topological polar surface area (TPSA) is 15.3 Å². The minimum absolute atomic E-state index is 1.12. The van der Waals surface area contributed by atoms with E-state index in [-0.39, 0.29) is 0 Å². The van der Waals surface area contributed by atoms with Crippen molar-refractivity contribution in [3.63, 3.8) is 0 Å². The molecule has 3 heteroatoms. The highest BCUT2D eigenvalue weighted by molar-refractivity contribution is 8.00. The average Bonchev–Trinajstić information content (AvgIpc) is 2.43. The number of nitrogens with zero attached hydrogens (tertiary/aromatic N) is 1. The molecule has 0 bridgehead atoms. The molecule has 0 saturated carbocycles. The van der Waals surface area contributed by atoms with E-state index in [0.29, 0.717) is 0 Å². The summed E-state index contributed by atoms with van der Waals surface area (Å²) in [5.41, 5.74) is 2.50. The van der Waals surface area contributed by atoms with Crippen LogP contribution in [0.3, 0.4) is 0 Å². The first-order valence-electron chi connectivity index (χ1n) is 7.35. The molecule has 2 nitrogen and oxygen atoms in total. The average molecular weight is 282 g/mol. The molecule has 0 aliphatic carbocycles. The fourth-order valence-corrected chi connectivity index (χ4v) is 2.38. The van der Waals surface area contributed by atoms with E-state index in [0.717, 1.165) is 12.3 Å². The summed E-state index contributed by atoms with van der Waals surface area (Å²) in [6, 6.07) is 8.49. The molecular weight excluding hydrogens is 252 g/mol. The molecule has 0 amide bonds. The summed E-state index contributed by atoms with van der Waals surface area (Å²) in [6.07, 6.45) is 2.57. The van der Waals surface area contributed by atoms with Crippen LogP contribution in [0.5, 0.6) is 0 Å². The van der Waals surface area contributed by atoms with E-state index < -0.39 is 0 Å². The second-order valence-corrected chi connectivity index (χ2v) is 5.38. The molecule has 0 saturated heterocycles. The number of rotatable bonds is 8. The molecule has 0 heterocycles. The number of nitrogens with one attached hydrogen (secondary N) is 1. The maximum Gasteiger partial charge on any atom is 0.0442 e. The van der Waals surface area contributed by atoms with E-state index in [9.17, 15) is 0 Å². The maximum absolute atomic E-state index is 3.39. The zero-order valence-electron chi connectivity index (χ0n) is 13.2. The highest BCUT2D eigenvalue weighted by Gasteiger charge is 1.97. The van der Waals surface area contributed by atoms with Gasteiger partial charge in [-0.3, -0.25) is 0 Å². The van der Waals surface area contributed by atoms with Crippen LogP contribution in [-0.2, 0) is 0 Å². The molecule has 0 unspecified atom stereocenters. The van der Waals surface area contributed by atoms with E-state index in [2.05, 4.69) is 54.8 Å². The molecule has 19 heavy (non-hydrogen) atoms. The monoisotopic (exact) mass is 282 g/mol. The van der Waals surface area contributed by atoms with Crippen molar-refractivity contribution in [2.45, 2.75) is 40.5 Å². The van der Waals surface area contributed by atoms with Gasteiger partial charge in [-0.05, 0) is 44.6 Å². The molecule has 0 fully saturated rings. The lowest BCUT2D eigenvalue weighted by molar-refractivity contribution is 0.348. The molecular formula is C16H30N2S. The molecule has 1 aromatic rings. The summed E-state index contributed by atoms with van der Waals surface area (Å²) < 4.78 is 3.39. The zero-order valence-corrected chi connectivity index (χ0v) is 14.0. The van der Waals surface area contributed by atoms with Crippen molar-refractivity contribution in [1.82, 2.24) is 4.90 Å². The smallest absolute Gasteiger partial charge is 0.0442 e. The summed E-state index contributed by atoms with van der Waals surface area (Å²) in [6.45, 7) is 10.7. The Kier molecular flexibility index (Phi) is 11.9. The van der Waals surface area contributed by atoms with Crippen LogP contribution in [0, 0.1) is 6.92 Å². The zero-order chi connectivity index (χ0) is 14.5. The van der Waals surface area contributed by atoms with Gasteiger partial charge < -0.3 is 9.62 Å². The third-order valence-corrected chi connectivity index (χ3v) is 3.44. The maximum atomic E-state index is 3.39. The van der Waals surface area contributed by atoms with E-state index in [1.807, 2.05) is 13.8 Å². The van der Waals surface area contributed by atoms with Gasteiger partial charge in [-0.15, -0.1) is 0 Å². The summed E-state index contributed by atoms with van der Waals surface area (Å²) in [5, 5.41) is 0. The number of anilines is 1. The normalized spacial score (nSPS) is 10.0. The first kappa shape index (κ1) is 18.3. The van der Waals surface area contributed by atoms with Crippen LogP contribution in [0.25, 0.3) is 0 Å². The van der Waals surface area contributed by atoms with Crippen LogP contribution in [0.15, 0.2) is 24.3 Å². The Bertz CT molecular complexity index is 315. The molecule has 0 aromatic heterocycles. The lowest BCUT2D eigenvalue weighted by Gasteiger charge is -2.15. The van der Waals surface area contributed by atoms with Gasteiger partial charge in [0.2, 0.25) is 0 Å². The van der Waals surface area contributed by atoms with Gasteiger partial charge in [0, 0.05) is 18.0 Å². The van der Waals surface area contributed by atoms with Crippen LogP contribution in [-0.4, -0.2) is 30.8 Å². The van der Waals surface area contributed by atoms with Crippen LogP contribution < -0.4 is 4.72 Å². The third kappa shape index (κ3) is 9.85. The van der Waals surface area contributed by atoms with Gasteiger partial charge in [0.05, 0.1) is 0 Å². The first-order chi connectivity index (χ1) is 9.22. The van der Waals surface area contributed by atoms with E-state index in [4.69, 9.17) is 0 Å². The van der Waals surface area contributed by atoms with Crippen molar-refractivity contribution in [3.05, 3.63) is 29.8 Å². The molecule has 0 radical (unpaired) electrons. The van der Waals surface area contributed by atoms with Gasteiger partial charge in [0.15, 0.2) is 0 Å². The van der Waals surface area contributed by atoms with Gasteiger partial charge in [-0.2, -0.15) is 0 Å². The standard InChI is InChI=1S/C14H24N2S.C2H6/c1-4-5-9-16(3)10-11-17-15-14-8-6-7-13(2)12-14;1-2/h6-8,12,15H,4-5,9-11H2,1-3H3;1-2H3. The number of aryl methyl sites for hydroxylation is 1.